The largest absolute Gasteiger partial charge is 0.494 e. The maximum Gasteiger partial charge on any atom is 0.145 e. The van der Waals surface area contributed by atoms with E-state index < -0.39 is 0 Å². The summed E-state index contributed by atoms with van der Waals surface area (Å²) in [4.78, 5) is 4.90. The van der Waals surface area contributed by atoms with E-state index in [2.05, 4.69) is 18.4 Å². The van der Waals surface area contributed by atoms with Gasteiger partial charge in [-0.1, -0.05) is 12.5 Å². The first-order chi connectivity index (χ1) is 9.76. The minimum atomic E-state index is 0.814. The zero-order valence-electron chi connectivity index (χ0n) is 12.1. The van der Waals surface area contributed by atoms with E-state index in [4.69, 9.17) is 15.6 Å². The van der Waals surface area contributed by atoms with E-state index in [-0.39, 0.29) is 0 Å². The third kappa shape index (κ3) is 2.00. The lowest BCUT2D eigenvalue weighted by Gasteiger charge is -2.17. The second-order valence-corrected chi connectivity index (χ2v) is 5.43. The van der Waals surface area contributed by atoms with Crippen LogP contribution in [0.25, 0.3) is 10.9 Å². The van der Waals surface area contributed by atoms with Gasteiger partial charge >= 0.3 is 0 Å². The molecular weight excluding hydrogens is 250 g/mol. The number of nitrogens with one attached hydrogen (secondary N) is 1. The highest BCUT2D eigenvalue weighted by Gasteiger charge is 2.19. The number of hydrogen-bond donors (Lipinski definition) is 2. The molecule has 1 aliphatic carbocycles. The molecule has 2 aromatic rings. The van der Waals surface area contributed by atoms with Crippen molar-refractivity contribution in [3.8, 4) is 5.75 Å². The van der Waals surface area contributed by atoms with Crippen LogP contribution in [-0.2, 0) is 12.8 Å². The lowest BCUT2D eigenvalue weighted by atomic mass is 9.99. The molecule has 0 aliphatic heterocycles. The number of methoxy groups -OCH3 is 1. The maximum absolute atomic E-state index is 5.83. The number of nitrogens with two attached hydrogens (primary N) is 1. The summed E-state index contributed by atoms with van der Waals surface area (Å²) < 4.78 is 5.47. The number of fused-ring (bicyclic) bond motifs is 2. The number of pyridine rings is 1. The predicted molar refractivity (Wildman–Crippen MR) is 82.1 cm³/mol. The summed E-state index contributed by atoms with van der Waals surface area (Å²) in [6.07, 6.45) is 5.74. The predicted octanol–water partition coefficient (Wildman–Crippen LogP) is 3.11. The van der Waals surface area contributed by atoms with E-state index in [0.29, 0.717) is 0 Å². The highest BCUT2D eigenvalue weighted by atomic mass is 16.5. The van der Waals surface area contributed by atoms with E-state index in [0.717, 1.165) is 35.2 Å². The van der Waals surface area contributed by atoms with Gasteiger partial charge in [0.2, 0.25) is 0 Å². The van der Waals surface area contributed by atoms with Gasteiger partial charge in [-0.25, -0.2) is 4.98 Å². The van der Waals surface area contributed by atoms with Crippen molar-refractivity contribution in [1.29, 1.82) is 0 Å². The molecule has 1 aliphatic rings. The van der Waals surface area contributed by atoms with Gasteiger partial charge in [0.05, 0.1) is 12.8 Å². The van der Waals surface area contributed by atoms with E-state index in [1.807, 2.05) is 6.07 Å². The van der Waals surface area contributed by atoms with E-state index in [1.54, 1.807) is 7.11 Å². The van der Waals surface area contributed by atoms with E-state index >= 15 is 0 Å². The lowest BCUT2D eigenvalue weighted by Crippen LogP contribution is -2.13. The lowest BCUT2D eigenvalue weighted by molar-refractivity contribution is 0.418. The average molecular weight is 271 g/mol. The van der Waals surface area contributed by atoms with Crippen LogP contribution in [0.15, 0.2) is 12.1 Å². The van der Waals surface area contributed by atoms with E-state index in [1.165, 1.54) is 36.1 Å². The molecule has 1 heterocycles. The molecule has 20 heavy (non-hydrogen) atoms. The number of aromatic nitrogens is 1. The maximum atomic E-state index is 5.83. The van der Waals surface area contributed by atoms with Crippen LogP contribution in [0.4, 0.5) is 5.69 Å². The Morgan fingerprint density at radius 2 is 2.00 bits per heavy atom. The average Bonchev–Trinajstić information content (AvgIpc) is 2.70. The van der Waals surface area contributed by atoms with Crippen LogP contribution in [0, 0.1) is 6.92 Å². The van der Waals surface area contributed by atoms with Crippen LogP contribution in [-0.4, -0.2) is 12.1 Å². The molecule has 106 valence electrons. The number of hydrazine groups is 1. The molecule has 0 spiro atoms. The van der Waals surface area contributed by atoms with Gasteiger partial charge in [0, 0.05) is 11.1 Å². The molecule has 0 saturated carbocycles. The molecule has 3 N–H and O–H groups in total. The number of anilines is 1. The number of ether oxygens (including phenoxy) is 1. The van der Waals surface area contributed by atoms with Gasteiger partial charge in [-0.3, -0.25) is 5.84 Å². The zero-order valence-corrected chi connectivity index (χ0v) is 12.1. The molecule has 0 radical (unpaired) electrons. The molecule has 0 fully saturated rings. The molecule has 0 unspecified atom stereocenters. The number of nitrogen functional groups attached to an aromatic ring is 1. The van der Waals surface area contributed by atoms with Crippen molar-refractivity contribution < 1.29 is 4.74 Å². The fourth-order valence-electron chi connectivity index (χ4n) is 3.17. The number of nitrogens with zero attached hydrogens (tertiary/aromatic N) is 1. The second kappa shape index (κ2) is 5.29. The molecule has 0 saturated heterocycles. The Bertz CT molecular complexity index is 652. The van der Waals surface area contributed by atoms with Gasteiger partial charge in [-0.2, -0.15) is 0 Å². The molecule has 4 nitrogen and oxygen atoms in total. The first-order valence-electron chi connectivity index (χ1n) is 7.22. The highest BCUT2D eigenvalue weighted by molar-refractivity contribution is 5.99. The molecule has 1 aromatic carbocycles. The Morgan fingerprint density at radius 1 is 1.20 bits per heavy atom. The van der Waals surface area contributed by atoms with Crippen molar-refractivity contribution in [3.05, 3.63) is 29.0 Å². The zero-order chi connectivity index (χ0) is 14.1. The molecule has 0 bridgehead atoms. The van der Waals surface area contributed by atoms with Crippen LogP contribution >= 0.6 is 0 Å². The minimum absolute atomic E-state index is 0.814. The van der Waals surface area contributed by atoms with Crippen LogP contribution < -0.4 is 16.0 Å². The van der Waals surface area contributed by atoms with E-state index in [9.17, 15) is 0 Å². The summed E-state index contributed by atoms with van der Waals surface area (Å²) >= 11 is 0. The Balaban J connectivity index is 2.38. The van der Waals surface area contributed by atoms with Crippen LogP contribution in [0.5, 0.6) is 5.75 Å². The topological polar surface area (TPSA) is 60.2 Å². The summed E-state index contributed by atoms with van der Waals surface area (Å²) in [7, 11) is 1.69. The van der Waals surface area contributed by atoms with Gasteiger partial charge in [0.25, 0.3) is 0 Å². The van der Waals surface area contributed by atoms with Crippen molar-refractivity contribution in [2.75, 3.05) is 12.5 Å². The summed E-state index contributed by atoms with van der Waals surface area (Å²) in [6, 6.07) is 4.04. The number of rotatable bonds is 2. The van der Waals surface area contributed by atoms with Gasteiger partial charge in [0.15, 0.2) is 0 Å². The second-order valence-electron chi connectivity index (χ2n) is 5.43. The third-order valence-electron chi connectivity index (χ3n) is 4.20. The van der Waals surface area contributed by atoms with Crippen LogP contribution in [0.1, 0.15) is 36.1 Å². The molecule has 4 heteroatoms. The third-order valence-corrected chi connectivity index (χ3v) is 4.20. The Hall–Kier alpha value is -1.81. The monoisotopic (exact) mass is 271 g/mol. The molecular formula is C16H21N3O. The molecule has 1 aromatic heterocycles. The summed E-state index contributed by atoms with van der Waals surface area (Å²) in [5.41, 5.74) is 8.50. The van der Waals surface area contributed by atoms with Crippen molar-refractivity contribution in [2.45, 2.75) is 39.0 Å². The first kappa shape index (κ1) is 13.2. The minimum Gasteiger partial charge on any atom is -0.494 e. The fourth-order valence-corrected chi connectivity index (χ4v) is 3.17. The van der Waals surface area contributed by atoms with Gasteiger partial charge in [-0.05, 0) is 49.8 Å². The fraction of sp³-hybridized carbons (Fsp3) is 0.438. The van der Waals surface area contributed by atoms with Crippen molar-refractivity contribution in [1.82, 2.24) is 4.98 Å². The smallest absolute Gasteiger partial charge is 0.145 e. The Kier molecular flexibility index (Phi) is 3.49. The van der Waals surface area contributed by atoms with Crippen LogP contribution in [0.2, 0.25) is 0 Å². The summed E-state index contributed by atoms with van der Waals surface area (Å²) in [5.74, 6) is 6.65. The SMILES string of the molecule is COc1ccc(C)c2c(NN)c3c(nc12)CCCCC3. The summed E-state index contributed by atoms with van der Waals surface area (Å²) in [5, 5.41) is 1.09. The molecule has 0 amide bonds. The van der Waals surface area contributed by atoms with Gasteiger partial charge < -0.3 is 10.2 Å². The first-order valence-corrected chi connectivity index (χ1v) is 7.22. The standard InChI is InChI=1S/C16H21N3O/c1-10-8-9-13(20-2)16-14(10)15(19-17)11-6-4-3-5-7-12(11)18-16/h8-9H,3-7,17H2,1-2H3,(H,18,19). The van der Waals surface area contributed by atoms with Gasteiger partial charge in [0.1, 0.15) is 11.3 Å². The number of hydrogen-bond acceptors (Lipinski definition) is 4. The summed E-state index contributed by atoms with van der Waals surface area (Å²) in [6.45, 7) is 2.09. The highest BCUT2D eigenvalue weighted by Crippen LogP contribution is 2.37. The quantitative estimate of drug-likeness (QED) is 0.500. The molecule has 3 rings (SSSR count). The van der Waals surface area contributed by atoms with Crippen molar-refractivity contribution in [3.63, 3.8) is 0 Å². The number of aryl methyl sites for hydroxylation is 2. The van der Waals surface area contributed by atoms with Crippen LogP contribution in [0.3, 0.4) is 0 Å². The Morgan fingerprint density at radius 3 is 2.75 bits per heavy atom. The molecule has 0 atom stereocenters. The number of benzene rings is 1. The van der Waals surface area contributed by atoms with Gasteiger partial charge in [-0.15, -0.1) is 0 Å². The Labute approximate surface area is 119 Å². The van der Waals surface area contributed by atoms with Crippen molar-refractivity contribution in [2.24, 2.45) is 5.84 Å². The van der Waals surface area contributed by atoms with Crippen molar-refractivity contribution >= 4 is 16.6 Å². The normalized spacial score (nSPS) is 14.8.